The topological polar surface area (TPSA) is 84.7 Å². The molecular formula is C15H23N3O3. The molecule has 6 nitrogen and oxygen atoms in total. The van der Waals surface area contributed by atoms with Crippen molar-refractivity contribution in [3.8, 4) is 0 Å². The fraction of sp³-hybridized carbons (Fsp3) is 0.467. The molecule has 1 aromatic carbocycles. The molecule has 0 spiro atoms. The van der Waals surface area contributed by atoms with Crippen molar-refractivity contribution in [3.05, 3.63) is 35.4 Å². The normalized spacial score (nSPS) is 11.8. The first-order chi connectivity index (χ1) is 9.99. The van der Waals surface area contributed by atoms with Gasteiger partial charge in [0, 0.05) is 39.9 Å². The van der Waals surface area contributed by atoms with E-state index in [-0.39, 0.29) is 11.8 Å². The predicted molar refractivity (Wildman–Crippen MR) is 80.8 cm³/mol. The summed E-state index contributed by atoms with van der Waals surface area (Å²) in [5, 5.41) is 2.56. The van der Waals surface area contributed by atoms with Gasteiger partial charge in [0.25, 0.3) is 5.91 Å². The van der Waals surface area contributed by atoms with E-state index >= 15 is 0 Å². The highest BCUT2D eigenvalue weighted by molar-refractivity contribution is 5.93. The molecule has 0 saturated carbocycles. The fourth-order valence-electron chi connectivity index (χ4n) is 1.91. The van der Waals surface area contributed by atoms with Crippen molar-refractivity contribution in [1.82, 2.24) is 10.2 Å². The van der Waals surface area contributed by atoms with Gasteiger partial charge in [0.15, 0.2) is 0 Å². The van der Waals surface area contributed by atoms with Crippen LogP contribution in [0.2, 0.25) is 0 Å². The Hall–Kier alpha value is -1.92. The van der Waals surface area contributed by atoms with E-state index in [1.54, 1.807) is 38.2 Å². The number of carbonyl (C=O) groups excluding carboxylic acids is 2. The number of carbonyl (C=O) groups is 2. The van der Waals surface area contributed by atoms with Gasteiger partial charge in [-0.3, -0.25) is 9.59 Å². The second-order valence-corrected chi connectivity index (χ2v) is 4.86. The lowest BCUT2D eigenvalue weighted by atomic mass is 10.1. The van der Waals surface area contributed by atoms with E-state index in [0.29, 0.717) is 25.1 Å². The molecule has 3 N–H and O–H groups in total. The van der Waals surface area contributed by atoms with Crippen molar-refractivity contribution < 1.29 is 14.3 Å². The van der Waals surface area contributed by atoms with Crippen LogP contribution < -0.4 is 11.1 Å². The maximum absolute atomic E-state index is 12.1. The van der Waals surface area contributed by atoms with Gasteiger partial charge >= 0.3 is 0 Å². The molecule has 21 heavy (non-hydrogen) atoms. The van der Waals surface area contributed by atoms with E-state index in [1.165, 1.54) is 0 Å². The highest BCUT2D eigenvalue weighted by Gasteiger charge is 2.17. The monoisotopic (exact) mass is 293 g/mol. The predicted octanol–water partition coefficient (Wildman–Crippen LogP) is 0.368. The van der Waals surface area contributed by atoms with Crippen molar-refractivity contribution in [2.75, 3.05) is 27.8 Å². The lowest BCUT2D eigenvalue weighted by molar-refractivity contribution is -0.132. The summed E-state index contributed by atoms with van der Waals surface area (Å²) in [6.07, 6.45) is 0.495. The zero-order chi connectivity index (χ0) is 15.8. The Morgan fingerprint density at radius 2 is 1.95 bits per heavy atom. The molecule has 0 bridgehead atoms. The largest absolute Gasteiger partial charge is 0.385 e. The molecule has 0 aliphatic rings. The summed E-state index contributed by atoms with van der Waals surface area (Å²) in [5.41, 5.74) is 7.35. The van der Waals surface area contributed by atoms with Gasteiger partial charge in [-0.2, -0.15) is 0 Å². The summed E-state index contributed by atoms with van der Waals surface area (Å²) in [4.78, 5) is 25.1. The highest BCUT2D eigenvalue weighted by Crippen LogP contribution is 2.08. The summed E-state index contributed by atoms with van der Waals surface area (Å²) >= 11 is 0. The number of benzene rings is 1. The molecule has 1 aromatic rings. The van der Waals surface area contributed by atoms with Crippen molar-refractivity contribution in [1.29, 1.82) is 0 Å². The molecule has 1 unspecified atom stereocenters. The summed E-state index contributed by atoms with van der Waals surface area (Å²) in [7, 11) is 4.88. The molecule has 0 aliphatic carbocycles. The summed E-state index contributed by atoms with van der Waals surface area (Å²) in [5.74, 6) is -0.255. The van der Waals surface area contributed by atoms with Crippen LogP contribution in [0.1, 0.15) is 22.3 Å². The second-order valence-electron chi connectivity index (χ2n) is 4.86. The number of rotatable bonds is 7. The maximum Gasteiger partial charge on any atom is 0.251 e. The summed E-state index contributed by atoms with van der Waals surface area (Å²) in [6, 6.07) is 6.57. The van der Waals surface area contributed by atoms with Crippen LogP contribution in [0.5, 0.6) is 0 Å². The van der Waals surface area contributed by atoms with Crippen LogP contribution in [-0.4, -0.2) is 50.6 Å². The number of nitrogens with two attached hydrogens (primary N) is 1. The van der Waals surface area contributed by atoms with Gasteiger partial charge in [0.1, 0.15) is 0 Å². The minimum Gasteiger partial charge on any atom is -0.385 e. The van der Waals surface area contributed by atoms with Crippen LogP contribution >= 0.6 is 0 Å². The molecule has 1 atom stereocenters. The molecule has 116 valence electrons. The van der Waals surface area contributed by atoms with Gasteiger partial charge in [0.2, 0.25) is 5.91 Å². The zero-order valence-electron chi connectivity index (χ0n) is 12.8. The van der Waals surface area contributed by atoms with Crippen LogP contribution in [0.25, 0.3) is 0 Å². The van der Waals surface area contributed by atoms with E-state index < -0.39 is 6.04 Å². The van der Waals surface area contributed by atoms with Crippen molar-refractivity contribution in [3.63, 3.8) is 0 Å². The standard InChI is InChI=1S/C15H23N3O3/c1-17-14(19)12-6-4-11(5-7-12)10-18(2)15(20)13(16)8-9-21-3/h4-7,13H,8-10,16H2,1-3H3,(H,17,19). The Balaban J connectivity index is 2.59. The van der Waals surface area contributed by atoms with Gasteiger partial charge in [-0.15, -0.1) is 0 Å². The first-order valence-electron chi connectivity index (χ1n) is 6.80. The third-order valence-electron chi connectivity index (χ3n) is 3.19. The molecule has 0 radical (unpaired) electrons. The average molecular weight is 293 g/mol. The number of amides is 2. The SMILES string of the molecule is CNC(=O)c1ccc(CN(C)C(=O)C(N)CCOC)cc1. The van der Waals surface area contributed by atoms with E-state index in [4.69, 9.17) is 10.5 Å². The van der Waals surface area contributed by atoms with Gasteiger partial charge in [0.05, 0.1) is 6.04 Å². The minimum absolute atomic E-state index is 0.123. The van der Waals surface area contributed by atoms with E-state index in [2.05, 4.69) is 5.32 Å². The molecule has 2 amide bonds. The number of nitrogens with zero attached hydrogens (tertiary/aromatic N) is 1. The fourth-order valence-corrected chi connectivity index (χ4v) is 1.91. The average Bonchev–Trinajstić information content (AvgIpc) is 2.51. The van der Waals surface area contributed by atoms with Crippen molar-refractivity contribution in [2.45, 2.75) is 19.0 Å². The first kappa shape index (κ1) is 17.1. The van der Waals surface area contributed by atoms with Crippen LogP contribution in [-0.2, 0) is 16.1 Å². The van der Waals surface area contributed by atoms with Crippen molar-refractivity contribution >= 4 is 11.8 Å². The Bertz CT molecular complexity index is 474. The number of nitrogens with one attached hydrogen (secondary N) is 1. The Kier molecular flexibility index (Phi) is 6.84. The zero-order valence-corrected chi connectivity index (χ0v) is 12.8. The molecule has 0 aliphatic heterocycles. The molecule has 0 heterocycles. The van der Waals surface area contributed by atoms with Gasteiger partial charge in [-0.05, 0) is 24.1 Å². The van der Waals surface area contributed by atoms with E-state index in [1.807, 2.05) is 12.1 Å². The molecular weight excluding hydrogens is 270 g/mol. The van der Waals surface area contributed by atoms with Gasteiger partial charge < -0.3 is 20.7 Å². The number of methoxy groups -OCH3 is 1. The van der Waals surface area contributed by atoms with Crippen molar-refractivity contribution in [2.24, 2.45) is 5.73 Å². The van der Waals surface area contributed by atoms with E-state index in [0.717, 1.165) is 5.56 Å². The molecule has 6 heteroatoms. The van der Waals surface area contributed by atoms with Crippen LogP contribution in [0.3, 0.4) is 0 Å². The van der Waals surface area contributed by atoms with Crippen LogP contribution in [0, 0.1) is 0 Å². The summed E-state index contributed by atoms with van der Waals surface area (Å²) in [6.45, 7) is 0.912. The third-order valence-corrected chi connectivity index (χ3v) is 3.19. The highest BCUT2D eigenvalue weighted by atomic mass is 16.5. The summed E-state index contributed by atoms with van der Waals surface area (Å²) < 4.78 is 4.92. The molecule has 0 saturated heterocycles. The lowest BCUT2D eigenvalue weighted by Crippen LogP contribution is -2.42. The van der Waals surface area contributed by atoms with E-state index in [9.17, 15) is 9.59 Å². The Morgan fingerprint density at radius 1 is 1.33 bits per heavy atom. The quantitative estimate of drug-likeness (QED) is 0.760. The second kappa shape index (κ2) is 8.39. The molecule has 0 fully saturated rings. The number of hydrogen-bond acceptors (Lipinski definition) is 4. The number of hydrogen-bond donors (Lipinski definition) is 2. The Morgan fingerprint density at radius 3 is 2.48 bits per heavy atom. The molecule has 0 aromatic heterocycles. The van der Waals surface area contributed by atoms with Crippen LogP contribution in [0.4, 0.5) is 0 Å². The van der Waals surface area contributed by atoms with Gasteiger partial charge in [-0.25, -0.2) is 0 Å². The number of ether oxygens (including phenoxy) is 1. The minimum atomic E-state index is -0.555. The Labute approximate surface area is 125 Å². The maximum atomic E-state index is 12.1. The third kappa shape index (κ3) is 5.17. The van der Waals surface area contributed by atoms with Crippen LogP contribution in [0.15, 0.2) is 24.3 Å². The smallest absolute Gasteiger partial charge is 0.251 e. The number of likely N-dealkylation sites (N-methyl/N-ethyl adjacent to an activating group) is 1. The lowest BCUT2D eigenvalue weighted by Gasteiger charge is -2.21. The molecule has 1 rings (SSSR count). The van der Waals surface area contributed by atoms with Gasteiger partial charge in [-0.1, -0.05) is 12.1 Å². The first-order valence-corrected chi connectivity index (χ1v) is 6.80.